The van der Waals surface area contributed by atoms with Crippen LogP contribution in [-0.4, -0.2) is 55.4 Å². The van der Waals surface area contributed by atoms with E-state index in [1.807, 2.05) is 13.8 Å². The van der Waals surface area contributed by atoms with E-state index in [4.69, 9.17) is 9.94 Å². The van der Waals surface area contributed by atoms with Gasteiger partial charge in [0.05, 0.1) is 12.9 Å². The largest absolute Gasteiger partial charge is 0.497 e. The van der Waals surface area contributed by atoms with Crippen molar-refractivity contribution in [2.75, 3.05) is 20.2 Å². The second-order valence-electron chi connectivity index (χ2n) is 6.67. The minimum atomic E-state index is -3.82. The Kier molecular flexibility index (Phi) is 6.08. The van der Waals surface area contributed by atoms with Gasteiger partial charge in [0.1, 0.15) is 5.75 Å². The average molecular weight is 370 g/mol. The number of hydrogen-bond donors (Lipinski definition) is 2. The summed E-state index contributed by atoms with van der Waals surface area (Å²) < 4.78 is 29.6. The summed E-state index contributed by atoms with van der Waals surface area (Å²) in [6, 6.07) is 6.99. The molecule has 1 aliphatic heterocycles. The number of benzene rings is 1. The molecule has 0 aromatic heterocycles. The fraction of sp³-hybridized carbons (Fsp3) is 0.588. The Hall–Kier alpha value is -1.64. The average Bonchev–Trinajstić information content (AvgIpc) is 2.61. The maximum Gasteiger partial charge on any atom is 0.264 e. The van der Waals surface area contributed by atoms with Gasteiger partial charge in [-0.2, -0.15) is 0 Å². The van der Waals surface area contributed by atoms with Crippen molar-refractivity contribution in [3.05, 3.63) is 29.8 Å². The molecule has 0 spiro atoms. The third-order valence-corrected chi connectivity index (χ3v) is 7.46. The summed E-state index contributed by atoms with van der Waals surface area (Å²) in [6.07, 6.45) is 0.326. The highest BCUT2D eigenvalue weighted by Gasteiger charge is 2.52. The summed E-state index contributed by atoms with van der Waals surface area (Å²) in [5, 5.41) is 9.13. The Bertz CT molecular complexity index is 692. The highest BCUT2D eigenvalue weighted by Crippen LogP contribution is 2.34. The Morgan fingerprint density at radius 1 is 1.28 bits per heavy atom. The van der Waals surface area contributed by atoms with Crippen LogP contribution in [0.25, 0.3) is 0 Å². The van der Waals surface area contributed by atoms with Gasteiger partial charge < -0.3 is 9.64 Å². The fourth-order valence-electron chi connectivity index (χ4n) is 3.26. The highest BCUT2D eigenvalue weighted by molar-refractivity contribution is 7.92. The highest BCUT2D eigenvalue weighted by atomic mass is 32.2. The van der Waals surface area contributed by atoms with Crippen molar-refractivity contribution in [1.29, 1.82) is 0 Å². The van der Waals surface area contributed by atoms with Crippen molar-refractivity contribution < 1.29 is 23.2 Å². The van der Waals surface area contributed by atoms with Gasteiger partial charge in [-0.1, -0.05) is 12.1 Å². The van der Waals surface area contributed by atoms with Crippen LogP contribution in [0.5, 0.6) is 5.75 Å². The molecule has 0 saturated carbocycles. The summed E-state index contributed by atoms with van der Waals surface area (Å²) in [7, 11) is -2.28. The lowest BCUT2D eigenvalue weighted by atomic mass is 9.94. The molecule has 1 aromatic rings. The molecule has 1 fully saturated rings. The van der Waals surface area contributed by atoms with E-state index in [9.17, 15) is 13.2 Å². The number of amides is 1. The Labute approximate surface area is 148 Å². The number of nitrogens with one attached hydrogen (secondary N) is 1. The lowest BCUT2D eigenvalue weighted by Crippen LogP contribution is -2.58. The van der Waals surface area contributed by atoms with E-state index in [2.05, 4.69) is 4.90 Å². The van der Waals surface area contributed by atoms with Crippen LogP contribution < -0.4 is 10.2 Å². The molecule has 0 atom stereocenters. The Morgan fingerprint density at radius 3 is 2.28 bits per heavy atom. The molecule has 0 unspecified atom stereocenters. The van der Waals surface area contributed by atoms with E-state index in [-0.39, 0.29) is 24.6 Å². The predicted molar refractivity (Wildman–Crippen MR) is 94.2 cm³/mol. The number of hydrogen-bond acceptors (Lipinski definition) is 6. The SMILES string of the molecule is COc1ccc(CS(=O)(=O)C2(C(=O)NO)CCN(C(C)C)CC2)cc1. The smallest absolute Gasteiger partial charge is 0.264 e. The maximum absolute atomic E-state index is 13.1. The molecule has 1 saturated heterocycles. The van der Waals surface area contributed by atoms with Crippen LogP contribution in [0.15, 0.2) is 24.3 Å². The Morgan fingerprint density at radius 2 is 1.84 bits per heavy atom. The second-order valence-corrected chi connectivity index (χ2v) is 8.97. The summed E-state index contributed by atoms with van der Waals surface area (Å²) in [5.74, 6) is -0.467. The van der Waals surface area contributed by atoms with E-state index < -0.39 is 20.5 Å². The zero-order chi connectivity index (χ0) is 18.7. The number of methoxy groups -OCH3 is 1. The van der Waals surface area contributed by atoms with Gasteiger partial charge in [-0.15, -0.1) is 0 Å². The first-order chi connectivity index (χ1) is 11.8. The van der Waals surface area contributed by atoms with Crippen LogP contribution in [0.3, 0.4) is 0 Å². The van der Waals surface area contributed by atoms with E-state index in [1.165, 1.54) is 7.11 Å². The summed E-state index contributed by atoms with van der Waals surface area (Å²) >= 11 is 0. The van der Waals surface area contributed by atoms with Gasteiger partial charge in [0.2, 0.25) is 0 Å². The molecule has 0 radical (unpaired) electrons. The van der Waals surface area contributed by atoms with Crippen LogP contribution >= 0.6 is 0 Å². The number of carbonyl (C=O) groups is 1. The minimum Gasteiger partial charge on any atom is -0.497 e. The monoisotopic (exact) mass is 370 g/mol. The molecule has 25 heavy (non-hydrogen) atoms. The molecular weight excluding hydrogens is 344 g/mol. The van der Waals surface area contributed by atoms with Crippen molar-refractivity contribution in [1.82, 2.24) is 10.4 Å². The van der Waals surface area contributed by atoms with Crippen molar-refractivity contribution in [2.45, 2.75) is 43.2 Å². The zero-order valence-corrected chi connectivity index (χ0v) is 15.7. The number of sulfone groups is 1. The van der Waals surface area contributed by atoms with Crippen molar-refractivity contribution in [3.8, 4) is 5.75 Å². The molecule has 0 bridgehead atoms. The molecule has 0 aliphatic carbocycles. The van der Waals surface area contributed by atoms with Gasteiger partial charge in [-0.05, 0) is 44.4 Å². The van der Waals surface area contributed by atoms with Gasteiger partial charge in [0.15, 0.2) is 14.6 Å². The van der Waals surface area contributed by atoms with Crippen LogP contribution in [-0.2, 0) is 20.4 Å². The van der Waals surface area contributed by atoms with Gasteiger partial charge in [-0.3, -0.25) is 10.0 Å². The molecule has 1 aliphatic rings. The van der Waals surface area contributed by atoms with Crippen LogP contribution in [0.4, 0.5) is 0 Å². The third kappa shape index (κ3) is 3.96. The minimum absolute atomic E-state index is 0.163. The van der Waals surface area contributed by atoms with Gasteiger partial charge in [0, 0.05) is 19.1 Å². The molecule has 1 amide bonds. The molecule has 2 rings (SSSR count). The van der Waals surface area contributed by atoms with Crippen LogP contribution in [0.2, 0.25) is 0 Å². The summed E-state index contributed by atoms with van der Waals surface area (Å²) in [4.78, 5) is 14.5. The van der Waals surface area contributed by atoms with Crippen LogP contribution in [0, 0.1) is 0 Å². The van der Waals surface area contributed by atoms with Gasteiger partial charge in [-0.25, -0.2) is 13.9 Å². The van der Waals surface area contributed by atoms with E-state index in [0.29, 0.717) is 24.4 Å². The summed E-state index contributed by atoms with van der Waals surface area (Å²) in [6.45, 7) is 5.05. The first-order valence-corrected chi connectivity index (χ1v) is 9.95. The number of ether oxygens (including phenoxy) is 1. The molecule has 8 heteroatoms. The topological polar surface area (TPSA) is 95.9 Å². The van der Waals surface area contributed by atoms with Crippen molar-refractivity contribution in [3.63, 3.8) is 0 Å². The summed E-state index contributed by atoms with van der Waals surface area (Å²) in [5.41, 5.74) is 2.15. The van der Waals surface area contributed by atoms with Gasteiger partial charge in [0.25, 0.3) is 5.91 Å². The van der Waals surface area contributed by atoms with E-state index in [0.717, 1.165) is 0 Å². The zero-order valence-electron chi connectivity index (χ0n) is 14.9. The number of nitrogens with zero attached hydrogens (tertiary/aromatic N) is 1. The van der Waals surface area contributed by atoms with E-state index in [1.54, 1.807) is 29.7 Å². The number of piperidine rings is 1. The fourth-order valence-corrected chi connectivity index (χ4v) is 5.30. The molecule has 140 valence electrons. The first-order valence-electron chi connectivity index (χ1n) is 8.29. The van der Waals surface area contributed by atoms with Gasteiger partial charge >= 0.3 is 0 Å². The molecule has 7 nitrogen and oxygen atoms in total. The number of likely N-dealkylation sites (tertiary alicyclic amines) is 1. The molecule has 1 heterocycles. The molecule has 2 N–H and O–H groups in total. The third-order valence-electron chi connectivity index (χ3n) is 4.96. The predicted octanol–water partition coefficient (Wildman–Crippen LogP) is 1.36. The van der Waals surface area contributed by atoms with E-state index >= 15 is 0 Å². The van der Waals surface area contributed by atoms with Crippen LogP contribution in [0.1, 0.15) is 32.3 Å². The lowest BCUT2D eigenvalue weighted by molar-refractivity contribution is -0.133. The number of rotatable bonds is 6. The lowest BCUT2D eigenvalue weighted by Gasteiger charge is -2.41. The number of hydroxylamine groups is 1. The second kappa shape index (κ2) is 7.72. The van der Waals surface area contributed by atoms with Crippen molar-refractivity contribution >= 4 is 15.7 Å². The first kappa shape index (κ1) is 19.7. The normalized spacial score (nSPS) is 18.1. The number of carbonyl (C=O) groups excluding carboxylic acids is 1. The quantitative estimate of drug-likeness (QED) is 0.580. The van der Waals surface area contributed by atoms with Crippen molar-refractivity contribution in [2.24, 2.45) is 0 Å². The molecule has 1 aromatic carbocycles. The Balaban J connectivity index is 2.28. The standard InChI is InChI=1S/C17H26N2O5S/c1-13(2)19-10-8-17(9-11-19,16(20)18-21)25(22,23)12-14-4-6-15(24-3)7-5-14/h4-7,13,21H,8-12H2,1-3H3,(H,18,20). The molecular formula is C17H26N2O5S. The maximum atomic E-state index is 13.1.